The van der Waals surface area contributed by atoms with Crippen LogP contribution in [0, 0.1) is 5.82 Å². The number of ether oxygens (including phenoxy) is 1. The largest absolute Gasteiger partial charge is 0.494 e. The van der Waals surface area contributed by atoms with Gasteiger partial charge in [0.15, 0.2) is 11.6 Å². The van der Waals surface area contributed by atoms with E-state index in [2.05, 4.69) is 5.32 Å². The Labute approximate surface area is 110 Å². The van der Waals surface area contributed by atoms with Crippen LogP contribution >= 0.6 is 0 Å². The van der Waals surface area contributed by atoms with Gasteiger partial charge in [0.05, 0.1) is 7.11 Å². The molecule has 98 valence electrons. The number of nitrogens with two attached hydrogens (primary N) is 1. The SMILES string of the molecule is COc1cc(C(=O)Nc2cccc(N)c2)ccc1F. The molecule has 0 radical (unpaired) electrons. The number of benzene rings is 2. The lowest BCUT2D eigenvalue weighted by Crippen LogP contribution is -2.12. The van der Waals surface area contributed by atoms with Crippen LogP contribution in [0.5, 0.6) is 5.75 Å². The third-order valence-electron chi connectivity index (χ3n) is 2.56. The van der Waals surface area contributed by atoms with E-state index in [0.29, 0.717) is 16.9 Å². The fraction of sp³-hybridized carbons (Fsp3) is 0.0714. The summed E-state index contributed by atoms with van der Waals surface area (Å²) in [5.41, 5.74) is 7.05. The highest BCUT2D eigenvalue weighted by Crippen LogP contribution is 2.19. The quantitative estimate of drug-likeness (QED) is 0.834. The van der Waals surface area contributed by atoms with Gasteiger partial charge in [-0.25, -0.2) is 4.39 Å². The molecule has 0 aliphatic carbocycles. The highest BCUT2D eigenvalue weighted by Gasteiger charge is 2.10. The second-order valence-electron chi connectivity index (χ2n) is 3.93. The molecular formula is C14H13FN2O2. The fourth-order valence-electron chi connectivity index (χ4n) is 1.62. The van der Waals surface area contributed by atoms with Gasteiger partial charge in [-0.2, -0.15) is 0 Å². The van der Waals surface area contributed by atoms with Gasteiger partial charge in [0, 0.05) is 16.9 Å². The smallest absolute Gasteiger partial charge is 0.255 e. The normalized spacial score (nSPS) is 10.0. The van der Waals surface area contributed by atoms with E-state index in [1.807, 2.05) is 0 Å². The first-order valence-corrected chi connectivity index (χ1v) is 5.60. The van der Waals surface area contributed by atoms with Crippen LogP contribution in [0.25, 0.3) is 0 Å². The van der Waals surface area contributed by atoms with E-state index in [-0.39, 0.29) is 11.7 Å². The van der Waals surface area contributed by atoms with E-state index >= 15 is 0 Å². The van der Waals surface area contributed by atoms with Crippen LogP contribution in [0.4, 0.5) is 15.8 Å². The van der Waals surface area contributed by atoms with Crippen molar-refractivity contribution in [2.24, 2.45) is 0 Å². The number of nitrogen functional groups attached to an aromatic ring is 1. The van der Waals surface area contributed by atoms with Crippen molar-refractivity contribution in [3.05, 3.63) is 53.8 Å². The fourth-order valence-corrected chi connectivity index (χ4v) is 1.62. The molecule has 3 N–H and O–H groups in total. The average molecular weight is 260 g/mol. The van der Waals surface area contributed by atoms with Crippen LogP contribution < -0.4 is 15.8 Å². The van der Waals surface area contributed by atoms with Gasteiger partial charge in [0.25, 0.3) is 5.91 Å². The summed E-state index contributed by atoms with van der Waals surface area (Å²) in [5.74, 6) is -0.841. The molecule has 2 rings (SSSR count). The van der Waals surface area contributed by atoms with Crippen LogP contribution in [0.3, 0.4) is 0 Å². The maximum atomic E-state index is 13.2. The summed E-state index contributed by atoms with van der Waals surface area (Å²) in [6.07, 6.45) is 0. The highest BCUT2D eigenvalue weighted by atomic mass is 19.1. The van der Waals surface area contributed by atoms with Crippen molar-refractivity contribution >= 4 is 17.3 Å². The molecule has 1 amide bonds. The molecular weight excluding hydrogens is 247 g/mol. The average Bonchev–Trinajstić information content (AvgIpc) is 2.39. The maximum absolute atomic E-state index is 13.2. The van der Waals surface area contributed by atoms with Crippen molar-refractivity contribution in [2.45, 2.75) is 0 Å². The van der Waals surface area contributed by atoms with Crippen LogP contribution in [-0.2, 0) is 0 Å². The van der Waals surface area contributed by atoms with Gasteiger partial charge < -0.3 is 15.8 Å². The van der Waals surface area contributed by atoms with E-state index in [4.69, 9.17) is 10.5 Å². The third kappa shape index (κ3) is 3.01. The minimum Gasteiger partial charge on any atom is -0.494 e. The van der Waals surface area contributed by atoms with Gasteiger partial charge >= 0.3 is 0 Å². The molecule has 0 atom stereocenters. The Morgan fingerprint density at radius 1 is 1.26 bits per heavy atom. The van der Waals surface area contributed by atoms with Gasteiger partial charge in [-0.15, -0.1) is 0 Å². The molecule has 4 nitrogen and oxygen atoms in total. The second-order valence-corrected chi connectivity index (χ2v) is 3.93. The number of carbonyl (C=O) groups excluding carboxylic acids is 1. The molecule has 2 aromatic rings. The molecule has 5 heteroatoms. The van der Waals surface area contributed by atoms with Gasteiger partial charge in [-0.1, -0.05) is 6.07 Å². The molecule has 0 saturated carbocycles. The lowest BCUT2D eigenvalue weighted by Gasteiger charge is -2.07. The third-order valence-corrected chi connectivity index (χ3v) is 2.56. The molecule has 2 aromatic carbocycles. The highest BCUT2D eigenvalue weighted by molar-refractivity contribution is 6.04. The van der Waals surface area contributed by atoms with Crippen molar-refractivity contribution in [2.75, 3.05) is 18.2 Å². The number of rotatable bonds is 3. The van der Waals surface area contributed by atoms with Crippen LogP contribution in [0.15, 0.2) is 42.5 Å². The van der Waals surface area contributed by atoms with Crippen LogP contribution in [-0.4, -0.2) is 13.0 Å². The molecule has 0 aromatic heterocycles. The van der Waals surface area contributed by atoms with Gasteiger partial charge in [-0.05, 0) is 36.4 Å². The number of methoxy groups -OCH3 is 1. The minimum atomic E-state index is -0.511. The van der Waals surface area contributed by atoms with Crippen LogP contribution in [0.2, 0.25) is 0 Å². The second kappa shape index (κ2) is 5.39. The number of halogens is 1. The zero-order valence-corrected chi connectivity index (χ0v) is 10.3. The molecule has 0 unspecified atom stereocenters. The molecule has 0 aliphatic heterocycles. The summed E-state index contributed by atoms with van der Waals surface area (Å²) in [7, 11) is 1.35. The summed E-state index contributed by atoms with van der Waals surface area (Å²) in [6, 6.07) is 10.7. The van der Waals surface area contributed by atoms with E-state index < -0.39 is 5.82 Å². The Kier molecular flexibility index (Phi) is 3.66. The first-order valence-electron chi connectivity index (χ1n) is 5.60. The predicted molar refractivity (Wildman–Crippen MR) is 71.8 cm³/mol. The topological polar surface area (TPSA) is 64.3 Å². The molecule has 0 saturated heterocycles. The Bertz CT molecular complexity index is 614. The van der Waals surface area contributed by atoms with Crippen molar-refractivity contribution in [1.82, 2.24) is 0 Å². The lowest BCUT2D eigenvalue weighted by atomic mass is 10.2. The Hall–Kier alpha value is -2.56. The van der Waals surface area contributed by atoms with Gasteiger partial charge in [-0.3, -0.25) is 4.79 Å². The van der Waals surface area contributed by atoms with E-state index in [1.54, 1.807) is 24.3 Å². The molecule has 19 heavy (non-hydrogen) atoms. The zero-order chi connectivity index (χ0) is 13.8. The van der Waals surface area contributed by atoms with Crippen molar-refractivity contribution in [1.29, 1.82) is 0 Å². The Morgan fingerprint density at radius 2 is 2.05 bits per heavy atom. The summed E-state index contributed by atoms with van der Waals surface area (Å²) in [5, 5.41) is 2.67. The predicted octanol–water partition coefficient (Wildman–Crippen LogP) is 2.67. The van der Waals surface area contributed by atoms with Gasteiger partial charge in [0.2, 0.25) is 0 Å². The number of hydrogen-bond donors (Lipinski definition) is 2. The van der Waals surface area contributed by atoms with E-state index in [9.17, 15) is 9.18 Å². The summed E-state index contributed by atoms with van der Waals surface area (Å²) >= 11 is 0. The minimum absolute atomic E-state index is 0.0280. The zero-order valence-electron chi connectivity index (χ0n) is 10.3. The van der Waals surface area contributed by atoms with E-state index in [0.717, 1.165) is 0 Å². The number of nitrogens with one attached hydrogen (secondary N) is 1. The number of anilines is 2. The Balaban J connectivity index is 2.20. The number of hydrogen-bond acceptors (Lipinski definition) is 3. The molecule has 0 fully saturated rings. The molecule has 0 heterocycles. The first kappa shape index (κ1) is 12.9. The first-order chi connectivity index (χ1) is 9.10. The molecule has 0 bridgehead atoms. The summed E-state index contributed by atoms with van der Waals surface area (Å²) in [6.45, 7) is 0. The maximum Gasteiger partial charge on any atom is 0.255 e. The standard InChI is InChI=1S/C14H13FN2O2/c1-19-13-7-9(5-6-12(13)15)14(18)17-11-4-2-3-10(16)8-11/h2-8H,16H2,1H3,(H,17,18). The molecule has 0 spiro atoms. The van der Waals surface area contributed by atoms with E-state index in [1.165, 1.54) is 25.3 Å². The van der Waals surface area contributed by atoms with Crippen molar-refractivity contribution < 1.29 is 13.9 Å². The lowest BCUT2D eigenvalue weighted by molar-refractivity contribution is 0.102. The number of amides is 1. The van der Waals surface area contributed by atoms with Gasteiger partial charge in [0.1, 0.15) is 0 Å². The molecule has 0 aliphatic rings. The van der Waals surface area contributed by atoms with Crippen molar-refractivity contribution in [3.8, 4) is 5.75 Å². The Morgan fingerprint density at radius 3 is 2.74 bits per heavy atom. The van der Waals surface area contributed by atoms with Crippen molar-refractivity contribution in [3.63, 3.8) is 0 Å². The summed E-state index contributed by atoms with van der Waals surface area (Å²) in [4.78, 5) is 12.0. The monoisotopic (exact) mass is 260 g/mol. The summed E-state index contributed by atoms with van der Waals surface area (Å²) < 4.78 is 18.1. The van der Waals surface area contributed by atoms with Crippen LogP contribution in [0.1, 0.15) is 10.4 Å². The number of carbonyl (C=O) groups is 1.